The van der Waals surface area contributed by atoms with Crippen LogP contribution in [0.4, 0.5) is 11.4 Å². The number of anilines is 2. The van der Waals surface area contributed by atoms with Crippen LogP contribution in [-0.2, 0) is 0 Å². The molecule has 2 aromatic rings. The van der Waals surface area contributed by atoms with Gasteiger partial charge in [0.25, 0.3) is 11.8 Å². The van der Waals surface area contributed by atoms with E-state index in [0.717, 1.165) is 11.3 Å². The lowest BCUT2D eigenvalue weighted by Gasteiger charge is -2.19. The first-order valence-corrected chi connectivity index (χ1v) is 6.40. The second kappa shape index (κ2) is 4.49. The van der Waals surface area contributed by atoms with Gasteiger partial charge in [0.2, 0.25) is 0 Å². The molecule has 3 rings (SSSR count). The van der Waals surface area contributed by atoms with Crippen LogP contribution in [0, 0.1) is 6.92 Å². The maximum absolute atomic E-state index is 12.5. The minimum atomic E-state index is -0.271. The summed E-state index contributed by atoms with van der Waals surface area (Å²) < 4.78 is 0. The van der Waals surface area contributed by atoms with Crippen molar-refractivity contribution >= 4 is 23.2 Å². The lowest BCUT2D eigenvalue weighted by Crippen LogP contribution is -2.30. The number of hydrogen-bond acceptors (Lipinski definition) is 3. The third-order valence-corrected chi connectivity index (χ3v) is 3.54. The predicted molar refractivity (Wildman–Crippen MR) is 78.3 cm³/mol. The van der Waals surface area contributed by atoms with Crippen molar-refractivity contribution in [1.82, 2.24) is 0 Å². The zero-order chi connectivity index (χ0) is 14.3. The average Bonchev–Trinajstić information content (AvgIpc) is 2.71. The van der Waals surface area contributed by atoms with Gasteiger partial charge in [0.05, 0.1) is 22.5 Å². The third kappa shape index (κ3) is 1.61. The number of rotatable bonds is 2. The van der Waals surface area contributed by atoms with Gasteiger partial charge in [-0.05, 0) is 30.7 Å². The predicted octanol–water partition coefficient (Wildman–Crippen LogP) is 2.84. The van der Waals surface area contributed by atoms with Gasteiger partial charge in [0, 0.05) is 7.05 Å². The molecule has 2 amide bonds. The van der Waals surface area contributed by atoms with Crippen molar-refractivity contribution in [3.05, 3.63) is 59.2 Å². The number of para-hydroxylation sites is 1. The van der Waals surface area contributed by atoms with Crippen molar-refractivity contribution in [2.24, 2.45) is 0 Å². The Kier molecular flexibility index (Phi) is 2.79. The number of carbonyl (C=O) groups excluding carboxylic acids is 2. The highest BCUT2D eigenvalue weighted by atomic mass is 16.2. The number of carbonyl (C=O) groups is 2. The summed E-state index contributed by atoms with van der Waals surface area (Å²) in [6.45, 7) is 1.94. The van der Waals surface area contributed by atoms with Crippen molar-refractivity contribution in [3.63, 3.8) is 0 Å². The first kappa shape index (κ1) is 12.4. The summed E-state index contributed by atoms with van der Waals surface area (Å²) in [6.07, 6.45) is 0. The maximum atomic E-state index is 12.5. The molecule has 0 aliphatic carbocycles. The SMILES string of the molecule is CNc1c(C)cccc1N1C(=O)c2ccccc2C1=O. The Balaban J connectivity index is 2.17. The summed E-state index contributed by atoms with van der Waals surface area (Å²) in [5.74, 6) is -0.541. The van der Waals surface area contributed by atoms with Gasteiger partial charge in [0.15, 0.2) is 0 Å². The molecule has 0 unspecified atom stereocenters. The van der Waals surface area contributed by atoms with E-state index in [0.29, 0.717) is 16.8 Å². The third-order valence-electron chi connectivity index (χ3n) is 3.54. The van der Waals surface area contributed by atoms with Gasteiger partial charge in [-0.1, -0.05) is 24.3 Å². The second-order valence-corrected chi connectivity index (χ2v) is 4.71. The monoisotopic (exact) mass is 266 g/mol. The second-order valence-electron chi connectivity index (χ2n) is 4.71. The molecule has 1 heterocycles. The molecular formula is C16H14N2O2. The van der Waals surface area contributed by atoms with E-state index < -0.39 is 0 Å². The number of imide groups is 1. The number of nitrogens with one attached hydrogen (secondary N) is 1. The smallest absolute Gasteiger partial charge is 0.266 e. The Labute approximate surface area is 117 Å². The molecule has 0 fully saturated rings. The molecule has 0 atom stereocenters. The molecule has 0 bridgehead atoms. The van der Waals surface area contributed by atoms with E-state index in [1.807, 2.05) is 19.1 Å². The van der Waals surface area contributed by atoms with Crippen LogP contribution in [0.2, 0.25) is 0 Å². The van der Waals surface area contributed by atoms with Crippen LogP contribution in [0.25, 0.3) is 0 Å². The Morgan fingerprint density at radius 3 is 2.05 bits per heavy atom. The Hall–Kier alpha value is -2.62. The van der Waals surface area contributed by atoms with Crippen LogP contribution in [0.5, 0.6) is 0 Å². The molecule has 1 N–H and O–H groups in total. The fourth-order valence-electron chi connectivity index (χ4n) is 2.57. The normalized spacial score (nSPS) is 13.6. The van der Waals surface area contributed by atoms with E-state index in [1.165, 1.54) is 4.90 Å². The van der Waals surface area contributed by atoms with Crippen molar-refractivity contribution in [2.75, 3.05) is 17.3 Å². The van der Waals surface area contributed by atoms with E-state index in [4.69, 9.17) is 0 Å². The molecule has 0 aromatic heterocycles. The first-order valence-electron chi connectivity index (χ1n) is 6.40. The van der Waals surface area contributed by atoms with E-state index in [-0.39, 0.29) is 11.8 Å². The summed E-state index contributed by atoms with van der Waals surface area (Å²) in [5, 5.41) is 3.06. The van der Waals surface area contributed by atoms with E-state index >= 15 is 0 Å². The van der Waals surface area contributed by atoms with E-state index in [1.54, 1.807) is 37.4 Å². The number of nitrogens with zero attached hydrogens (tertiary/aromatic N) is 1. The minimum absolute atomic E-state index is 0.271. The lowest BCUT2D eigenvalue weighted by atomic mass is 10.1. The summed E-state index contributed by atoms with van der Waals surface area (Å²) in [4.78, 5) is 26.2. The molecule has 1 aliphatic heterocycles. The molecular weight excluding hydrogens is 252 g/mol. The standard InChI is InChI=1S/C16H14N2O2/c1-10-6-5-9-13(14(10)17-2)18-15(19)11-7-3-4-8-12(11)16(18)20/h3-9,17H,1-2H3. The molecule has 100 valence electrons. The Morgan fingerprint density at radius 2 is 1.50 bits per heavy atom. The van der Waals surface area contributed by atoms with Gasteiger partial charge in [-0.25, -0.2) is 4.90 Å². The molecule has 2 aromatic carbocycles. The number of aryl methyl sites for hydroxylation is 1. The topological polar surface area (TPSA) is 49.4 Å². The fourth-order valence-corrected chi connectivity index (χ4v) is 2.57. The largest absolute Gasteiger partial charge is 0.386 e. The average molecular weight is 266 g/mol. The van der Waals surface area contributed by atoms with Crippen LogP contribution in [0.1, 0.15) is 26.3 Å². The zero-order valence-corrected chi connectivity index (χ0v) is 11.3. The highest BCUT2D eigenvalue weighted by molar-refractivity contribution is 6.35. The van der Waals surface area contributed by atoms with Crippen LogP contribution in [-0.4, -0.2) is 18.9 Å². The van der Waals surface area contributed by atoms with Gasteiger partial charge in [-0.15, -0.1) is 0 Å². The number of benzene rings is 2. The quantitative estimate of drug-likeness (QED) is 0.850. The van der Waals surface area contributed by atoms with Gasteiger partial charge >= 0.3 is 0 Å². The molecule has 0 saturated carbocycles. The van der Waals surface area contributed by atoms with Crippen molar-refractivity contribution in [1.29, 1.82) is 0 Å². The highest BCUT2D eigenvalue weighted by Gasteiger charge is 2.37. The number of hydrogen-bond donors (Lipinski definition) is 1. The van der Waals surface area contributed by atoms with Gasteiger partial charge < -0.3 is 5.32 Å². The van der Waals surface area contributed by atoms with Crippen molar-refractivity contribution in [2.45, 2.75) is 6.92 Å². The van der Waals surface area contributed by atoms with Crippen molar-refractivity contribution < 1.29 is 9.59 Å². The Bertz CT molecular complexity index is 687. The minimum Gasteiger partial charge on any atom is -0.386 e. The number of fused-ring (bicyclic) bond motifs is 1. The van der Waals surface area contributed by atoms with E-state index in [9.17, 15) is 9.59 Å². The van der Waals surface area contributed by atoms with E-state index in [2.05, 4.69) is 5.32 Å². The van der Waals surface area contributed by atoms with Gasteiger partial charge in [0.1, 0.15) is 0 Å². The molecule has 0 spiro atoms. The zero-order valence-electron chi connectivity index (χ0n) is 11.3. The van der Waals surface area contributed by atoms with Crippen LogP contribution < -0.4 is 10.2 Å². The van der Waals surface area contributed by atoms with Crippen LogP contribution >= 0.6 is 0 Å². The molecule has 4 nitrogen and oxygen atoms in total. The fraction of sp³-hybridized carbons (Fsp3) is 0.125. The van der Waals surface area contributed by atoms with Crippen LogP contribution in [0.15, 0.2) is 42.5 Å². The molecule has 0 radical (unpaired) electrons. The Morgan fingerprint density at radius 1 is 0.900 bits per heavy atom. The lowest BCUT2D eigenvalue weighted by molar-refractivity contribution is 0.0926. The van der Waals surface area contributed by atoms with Crippen molar-refractivity contribution in [3.8, 4) is 0 Å². The molecule has 1 aliphatic rings. The molecule has 4 heteroatoms. The van der Waals surface area contributed by atoms with Crippen LogP contribution in [0.3, 0.4) is 0 Å². The van der Waals surface area contributed by atoms with Gasteiger partial charge in [-0.3, -0.25) is 9.59 Å². The summed E-state index contributed by atoms with van der Waals surface area (Å²) in [6, 6.07) is 12.5. The van der Waals surface area contributed by atoms with Gasteiger partial charge in [-0.2, -0.15) is 0 Å². The summed E-state index contributed by atoms with van der Waals surface area (Å²) in [7, 11) is 1.78. The summed E-state index contributed by atoms with van der Waals surface area (Å²) >= 11 is 0. The highest BCUT2D eigenvalue weighted by Crippen LogP contribution is 2.34. The summed E-state index contributed by atoms with van der Waals surface area (Å²) in [5.41, 5.74) is 3.30. The molecule has 20 heavy (non-hydrogen) atoms. The number of amides is 2. The molecule has 0 saturated heterocycles. The first-order chi connectivity index (χ1) is 9.65. The maximum Gasteiger partial charge on any atom is 0.266 e.